The van der Waals surface area contributed by atoms with Gasteiger partial charge in [0.05, 0.1) is 0 Å². The van der Waals surface area contributed by atoms with E-state index in [1.165, 1.54) is 18.4 Å². The van der Waals surface area contributed by atoms with Crippen molar-refractivity contribution in [1.29, 1.82) is 0 Å². The van der Waals surface area contributed by atoms with Gasteiger partial charge < -0.3 is 0 Å². The minimum absolute atomic E-state index is 0.0905. The lowest BCUT2D eigenvalue weighted by molar-refractivity contribution is -0.124. The molecule has 2 saturated carbocycles. The highest BCUT2D eigenvalue weighted by Crippen LogP contribution is 2.65. The molecular weight excluding hydrogens is 272 g/mol. The minimum atomic E-state index is 0.0905. The smallest absolute Gasteiger partial charge is 0.156 e. The number of ketones is 2. The summed E-state index contributed by atoms with van der Waals surface area (Å²) in [7, 11) is 0. The van der Waals surface area contributed by atoms with Crippen LogP contribution in [0.25, 0.3) is 0 Å². The number of allylic oxidation sites excluding steroid dienone is 4. The van der Waals surface area contributed by atoms with E-state index in [0.29, 0.717) is 29.8 Å². The van der Waals surface area contributed by atoms with Crippen molar-refractivity contribution in [2.45, 2.75) is 59.3 Å². The first-order valence-corrected chi connectivity index (χ1v) is 8.81. The molecule has 4 aliphatic carbocycles. The van der Waals surface area contributed by atoms with Gasteiger partial charge in [0, 0.05) is 12.3 Å². The molecule has 0 saturated heterocycles. The van der Waals surface area contributed by atoms with Crippen molar-refractivity contribution < 1.29 is 9.59 Å². The monoisotopic (exact) mass is 298 g/mol. The molecule has 0 spiro atoms. The van der Waals surface area contributed by atoms with Gasteiger partial charge in [-0.1, -0.05) is 31.1 Å². The normalized spacial score (nSPS) is 46.5. The Kier molecular flexibility index (Phi) is 2.90. The van der Waals surface area contributed by atoms with Gasteiger partial charge in [0.2, 0.25) is 0 Å². The van der Waals surface area contributed by atoms with Crippen LogP contribution in [-0.2, 0) is 9.59 Å². The molecule has 0 aliphatic heterocycles. The SMILES string of the molecule is CC(=O)[C@@H]1CC=C2[C@H]3CCC4=CC(=O)C[C@@]4(C)[C@@H]3CC[C@@]21C. The maximum atomic E-state index is 12.1. The van der Waals surface area contributed by atoms with Crippen molar-refractivity contribution >= 4 is 11.6 Å². The van der Waals surface area contributed by atoms with Crippen LogP contribution in [0.1, 0.15) is 59.3 Å². The number of hydrogen-bond acceptors (Lipinski definition) is 2. The summed E-state index contributed by atoms with van der Waals surface area (Å²) in [6.45, 7) is 6.40. The first kappa shape index (κ1) is 14.4. The van der Waals surface area contributed by atoms with E-state index >= 15 is 0 Å². The summed E-state index contributed by atoms with van der Waals surface area (Å²) in [5, 5.41) is 0. The van der Waals surface area contributed by atoms with E-state index in [0.717, 1.165) is 19.3 Å². The van der Waals surface area contributed by atoms with E-state index in [-0.39, 0.29) is 16.7 Å². The fraction of sp³-hybridized carbons (Fsp3) is 0.700. The molecule has 0 unspecified atom stereocenters. The molecule has 0 aromatic carbocycles. The Morgan fingerprint density at radius 2 is 2.00 bits per heavy atom. The molecule has 118 valence electrons. The largest absolute Gasteiger partial charge is 0.300 e. The van der Waals surface area contributed by atoms with E-state index < -0.39 is 0 Å². The maximum Gasteiger partial charge on any atom is 0.156 e. The Morgan fingerprint density at radius 3 is 2.73 bits per heavy atom. The lowest BCUT2D eigenvalue weighted by Crippen LogP contribution is -2.46. The van der Waals surface area contributed by atoms with Crippen molar-refractivity contribution in [3.8, 4) is 0 Å². The molecule has 0 bridgehead atoms. The third kappa shape index (κ3) is 1.67. The number of hydrogen-bond donors (Lipinski definition) is 0. The Morgan fingerprint density at radius 1 is 1.23 bits per heavy atom. The van der Waals surface area contributed by atoms with Gasteiger partial charge in [-0.3, -0.25) is 9.59 Å². The summed E-state index contributed by atoms with van der Waals surface area (Å²) in [6, 6.07) is 0. The van der Waals surface area contributed by atoms with Crippen LogP contribution in [0.3, 0.4) is 0 Å². The number of Topliss-reactive ketones (excluding diaryl/α,β-unsaturated/α-hetero) is 1. The Bertz CT molecular complexity index is 626. The van der Waals surface area contributed by atoms with E-state index in [4.69, 9.17) is 0 Å². The van der Waals surface area contributed by atoms with Crippen LogP contribution in [0.15, 0.2) is 23.3 Å². The number of rotatable bonds is 1. The van der Waals surface area contributed by atoms with E-state index in [1.54, 1.807) is 12.5 Å². The highest BCUT2D eigenvalue weighted by molar-refractivity contribution is 5.94. The Hall–Kier alpha value is -1.18. The molecule has 0 radical (unpaired) electrons. The van der Waals surface area contributed by atoms with Crippen molar-refractivity contribution in [2.75, 3.05) is 0 Å². The number of carbonyl (C=O) groups is 2. The lowest BCUT2D eigenvalue weighted by atomic mass is 9.50. The highest BCUT2D eigenvalue weighted by atomic mass is 16.1. The Labute approximate surface area is 133 Å². The standard InChI is InChI=1S/C20H26O2/c1-12(21)16-6-7-17-15-5-4-13-10-14(22)11-20(13,3)18(15)8-9-19(16,17)2/h7,10,15-16,18H,4-6,8-9,11H2,1-3H3/t15-,16+,18-,19-,20-/m1/s1. The summed E-state index contributed by atoms with van der Waals surface area (Å²) < 4.78 is 0. The number of fused-ring (bicyclic) bond motifs is 5. The first-order chi connectivity index (χ1) is 10.4. The van der Waals surface area contributed by atoms with Crippen molar-refractivity contribution in [3.63, 3.8) is 0 Å². The molecule has 0 amide bonds. The fourth-order valence-electron chi connectivity index (χ4n) is 6.36. The average molecular weight is 298 g/mol. The second-order valence-corrected chi connectivity index (χ2v) is 8.50. The summed E-state index contributed by atoms with van der Waals surface area (Å²) in [6.07, 6.45) is 10.5. The van der Waals surface area contributed by atoms with E-state index in [1.807, 2.05) is 6.08 Å². The number of carbonyl (C=O) groups excluding carboxylic acids is 2. The van der Waals surface area contributed by atoms with Gasteiger partial charge in [-0.25, -0.2) is 0 Å². The fourth-order valence-corrected chi connectivity index (χ4v) is 6.36. The minimum Gasteiger partial charge on any atom is -0.300 e. The van der Waals surface area contributed by atoms with Crippen LogP contribution in [0.4, 0.5) is 0 Å². The molecular formula is C20H26O2. The van der Waals surface area contributed by atoms with Crippen LogP contribution in [0.2, 0.25) is 0 Å². The second-order valence-electron chi connectivity index (χ2n) is 8.50. The van der Waals surface area contributed by atoms with Gasteiger partial charge in [0.15, 0.2) is 5.78 Å². The van der Waals surface area contributed by atoms with E-state index in [2.05, 4.69) is 19.9 Å². The molecule has 4 rings (SSSR count). The topological polar surface area (TPSA) is 34.1 Å². The van der Waals surface area contributed by atoms with Crippen LogP contribution >= 0.6 is 0 Å². The van der Waals surface area contributed by atoms with Gasteiger partial charge in [-0.05, 0) is 67.8 Å². The second kappa shape index (κ2) is 4.43. The summed E-state index contributed by atoms with van der Waals surface area (Å²) in [5.74, 6) is 2.07. The molecule has 22 heavy (non-hydrogen) atoms. The van der Waals surface area contributed by atoms with Crippen LogP contribution in [0, 0.1) is 28.6 Å². The highest BCUT2D eigenvalue weighted by Gasteiger charge is 2.57. The molecule has 0 aromatic rings. The van der Waals surface area contributed by atoms with Crippen molar-refractivity contribution in [3.05, 3.63) is 23.3 Å². The summed E-state index contributed by atoms with van der Waals surface area (Å²) in [4.78, 5) is 24.1. The predicted octanol–water partition coefficient (Wildman–Crippen LogP) is 4.25. The van der Waals surface area contributed by atoms with Gasteiger partial charge in [-0.2, -0.15) is 0 Å². The van der Waals surface area contributed by atoms with Crippen molar-refractivity contribution in [2.24, 2.45) is 28.6 Å². The molecule has 0 N–H and O–H groups in total. The molecule has 5 atom stereocenters. The zero-order valence-electron chi connectivity index (χ0n) is 13.9. The third-order valence-electron chi connectivity index (χ3n) is 7.51. The van der Waals surface area contributed by atoms with Gasteiger partial charge >= 0.3 is 0 Å². The predicted molar refractivity (Wildman–Crippen MR) is 86.2 cm³/mol. The first-order valence-electron chi connectivity index (χ1n) is 8.81. The van der Waals surface area contributed by atoms with Crippen LogP contribution in [-0.4, -0.2) is 11.6 Å². The average Bonchev–Trinajstić information content (AvgIpc) is 2.93. The zero-order valence-corrected chi connectivity index (χ0v) is 13.9. The van der Waals surface area contributed by atoms with Crippen LogP contribution < -0.4 is 0 Å². The van der Waals surface area contributed by atoms with Crippen LogP contribution in [0.5, 0.6) is 0 Å². The molecule has 4 aliphatic rings. The molecule has 2 heteroatoms. The van der Waals surface area contributed by atoms with Gasteiger partial charge in [-0.15, -0.1) is 0 Å². The van der Waals surface area contributed by atoms with E-state index in [9.17, 15) is 9.59 Å². The summed E-state index contributed by atoms with van der Waals surface area (Å²) in [5.41, 5.74) is 3.15. The Balaban J connectivity index is 1.70. The third-order valence-corrected chi connectivity index (χ3v) is 7.51. The van der Waals surface area contributed by atoms with Gasteiger partial charge in [0.1, 0.15) is 5.78 Å². The molecule has 2 fully saturated rings. The zero-order chi connectivity index (χ0) is 15.7. The molecule has 2 nitrogen and oxygen atoms in total. The van der Waals surface area contributed by atoms with Gasteiger partial charge in [0.25, 0.3) is 0 Å². The summed E-state index contributed by atoms with van der Waals surface area (Å²) >= 11 is 0. The quantitative estimate of drug-likeness (QED) is 0.678. The van der Waals surface area contributed by atoms with Crippen molar-refractivity contribution in [1.82, 2.24) is 0 Å². The lowest BCUT2D eigenvalue weighted by Gasteiger charge is -2.54. The molecule has 0 aromatic heterocycles. The maximum absolute atomic E-state index is 12.1. The molecule has 0 heterocycles.